The molecule has 1 unspecified atom stereocenters. The van der Waals surface area contributed by atoms with Gasteiger partial charge in [0.1, 0.15) is 24.5 Å². The number of aryl methyl sites for hydroxylation is 1. The number of benzene rings is 1. The number of ether oxygens (including phenoxy) is 1. The van der Waals surface area contributed by atoms with Gasteiger partial charge in [0.2, 0.25) is 17.7 Å². The third-order valence-electron chi connectivity index (χ3n) is 4.77. The molecule has 2 N–H and O–H groups in total. The van der Waals surface area contributed by atoms with Gasteiger partial charge >= 0.3 is 6.09 Å². The quantitative estimate of drug-likeness (QED) is 0.630. The number of nitrogens with zero attached hydrogens (tertiary/aromatic N) is 5. The number of anilines is 2. The molecule has 0 spiro atoms. The molecule has 2 aromatic heterocycles. The minimum atomic E-state index is -0.764. The largest absolute Gasteiger partial charge is 0.447 e. The fourth-order valence-electron chi connectivity index (χ4n) is 3.17. The van der Waals surface area contributed by atoms with Crippen molar-refractivity contribution in [3.8, 4) is 11.5 Å². The number of cyclic esters (lactones) is 1. The Morgan fingerprint density at radius 1 is 1.27 bits per heavy atom. The Kier molecular flexibility index (Phi) is 5.32. The number of aliphatic hydroxyl groups excluding tert-OH is 1. The molecule has 0 saturated carbocycles. The van der Waals surface area contributed by atoms with Gasteiger partial charge in [0, 0.05) is 11.8 Å². The molecule has 0 aliphatic carbocycles. The van der Waals surface area contributed by atoms with Crippen LogP contribution in [0.2, 0.25) is 0 Å². The molecule has 30 heavy (non-hydrogen) atoms. The van der Waals surface area contributed by atoms with Gasteiger partial charge < -0.3 is 19.6 Å². The molecule has 10 nitrogen and oxygen atoms in total. The fraction of sp³-hybridized carbons (Fsp3) is 0.350. The molecule has 3 heterocycles. The SMILES string of the molecule is Cc1cccc(-c2nnc([C@H](C)Nc3nccc(N4C(=O)OCC4[C@@H](C)O)n3)o2)c1. The number of amides is 1. The zero-order valence-electron chi connectivity index (χ0n) is 16.8. The first-order valence-electron chi connectivity index (χ1n) is 9.56. The van der Waals surface area contributed by atoms with Crippen molar-refractivity contribution in [2.45, 2.75) is 39.0 Å². The number of rotatable bonds is 6. The first kappa shape index (κ1) is 19.8. The normalized spacial score (nSPS) is 18.2. The van der Waals surface area contributed by atoms with Crippen molar-refractivity contribution in [1.82, 2.24) is 20.2 Å². The van der Waals surface area contributed by atoms with Gasteiger partial charge in [-0.3, -0.25) is 4.90 Å². The summed E-state index contributed by atoms with van der Waals surface area (Å²) in [5.74, 6) is 1.41. The number of nitrogens with one attached hydrogen (secondary N) is 1. The third kappa shape index (κ3) is 3.94. The molecule has 1 aromatic carbocycles. The summed E-state index contributed by atoms with van der Waals surface area (Å²) < 4.78 is 10.8. The molecule has 1 amide bonds. The number of hydrogen-bond acceptors (Lipinski definition) is 9. The highest BCUT2D eigenvalue weighted by molar-refractivity contribution is 5.89. The number of aliphatic hydroxyl groups is 1. The molecule has 1 fully saturated rings. The second-order valence-corrected chi connectivity index (χ2v) is 7.17. The van der Waals surface area contributed by atoms with E-state index in [-0.39, 0.29) is 18.6 Å². The number of carbonyl (C=O) groups excluding carboxylic acids is 1. The lowest BCUT2D eigenvalue weighted by Gasteiger charge is -2.22. The maximum Gasteiger partial charge on any atom is 0.416 e. The highest BCUT2D eigenvalue weighted by Gasteiger charge is 2.38. The Morgan fingerprint density at radius 2 is 2.10 bits per heavy atom. The van der Waals surface area contributed by atoms with E-state index < -0.39 is 18.2 Å². The van der Waals surface area contributed by atoms with Crippen molar-refractivity contribution < 1.29 is 19.1 Å². The van der Waals surface area contributed by atoms with Crippen LogP contribution in [0.3, 0.4) is 0 Å². The van der Waals surface area contributed by atoms with Gasteiger partial charge in [-0.1, -0.05) is 17.7 Å². The van der Waals surface area contributed by atoms with Crippen LogP contribution in [0.4, 0.5) is 16.6 Å². The van der Waals surface area contributed by atoms with Crippen LogP contribution < -0.4 is 10.2 Å². The van der Waals surface area contributed by atoms with E-state index in [2.05, 4.69) is 25.5 Å². The van der Waals surface area contributed by atoms with Crippen LogP contribution in [0, 0.1) is 6.92 Å². The van der Waals surface area contributed by atoms with E-state index in [0.29, 0.717) is 17.6 Å². The van der Waals surface area contributed by atoms with Gasteiger partial charge in [-0.05, 0) is 39.0 Å². The van der Waals surface area contributed by atoms with E-state index in [1.807, 2.05) is 38.1 Å². The summed E-state index contributed by atoms with van der Waals surface area (Å²) >= 11 is 0. The summed E-state index contributed by atoms with van der Waals surface area (Å²) in [5, 5.41) is 21.2. The molecule has 4 rings (SSSR count). The van der Waals surface area contributed by atoms with Crippen molar-refractivity contribution in [3.05, 3.63) is 48.0 Å². The lowest BCUT2D eigenvalue weighted by atomic mass is 10.1. The Labute approximate surface area is 172 Å². The topological polar surface area (TPSA) is 127 Å². The Morgan fingerprint density at radius 3 is 2.87 bits per heavy atom. The van der Waals surface area contributed by atoms with E-state index in [0.717, 1.165) is 11.1 Å². The molecule has 1 aliphatic heterocycles. The minimum Gasteiger partial charge on any atom is -0.447 e. The Balaban J connectivity index is 1.51. The van der Waals surface area contributed by atoms with Gasteiger partial charge in [-0.15, -0.1) is 10.2 Å². The molecule has 1 saturated heterocycles. The Bertz CT molecular complexity index is 1050. The molecule has 3 atom stereocenters. The molecule has 1 aliphatic rings. The molecule has 156 valence electrons. The molecule has 10 heteroatoms. The van der Waals surface area contributed by atoms with Crippen molar-refractivity contribution in [3.63, 3.8) is 0 Å². The van der Waals surface area contributed by atoms with Gasteiger partial charge in [0.05, 0.1) is 6.10 Å². The lowest BCUT2D eigenvalue weighted by Crippen LogP contribution is -2.41. The standard InChI is InChI=1S/C20H22N6O4/c1-11-5-4-6-14(9-11)18-25-24-17(30-18)12(2)22-19-21-8-7-16(23-19)26-15(13(3)27)10-29-20(26)28/h4-9,12-13,15,27H,10H2,1-3H3,(H,21,22,23)/t12-,13+,15?/m0/s1. The highest BCUT2D eigenvalue weighted by Crippen LogP contribution is 2.26. The minimum absolute atomic E-state index is 0.101. The average Bonchev–Trinajstić information content (AvgIpc) is 3.35. The third-order valence-corrected chi connectivity index (χ3v) is 4.77. The van der Waals surface area contributed by atoms with Gasteiger partial charge in [0.25, 0.3) is 0 Å². The summed E-state index contributed by atoms with van der Waals surface area (Å²) in [6.07, 6.45) is 0.201. The van der Waals surface area contributed by atoms with Crippen molar-refractivity contribution in [2.24, 2.45) is 0 Å². The molecule has 0 radical (unpaired) electrons. The second kappa shape index (κ2) is 8.07. The van der Waals surface area contributed by atoms with Gasteiger partial charge in [-0.25, -0.2) is 9.78 Å². The van der Waals surface area contributed by atoms with Crippen LogP contribution in [0.1, 0.15) is 31.3 Å². The molecular formula is C20H22N6O4. The smallest absolute Gasteiger partial charge is 0.416 e. The van der Waals surface area contributed by atoms with E-state index in [9.17, 15) is 9.90 Å². The maximum absolute atomic E-state index is 12.1. The fourth-order valence-corrected chi connectivity index (χ4v) is 3.17. The average molecular weight is 410 g/mol. The number of hydrogen-bond donors (Lipinski definition) is 2. The summed E-state index contributed by atoms with van der Waals surface area (Å²) in [6, 6.07) is 8.50. The second-order valence-electron chi connectivity index (χ2n) is 7.17. The summed E-state index contributed by atoms with van der Waals surface area (Å²) in [4.78, 5) is 22.0. The van der Waals surface area contributed by atoms with E-state index in [1.54, 1.807) is 13.0 Å². The molecule has 0 bridgehead atoms. The predicted molar refractivity (Wildman–Crippen MR) is 108 cm³/mol. The first-order chi connectivity index (χ1) is 14.4. The van der Waals surface area contributed by atoms with Crippen LogP contribution in [0.5, 0.6) is 0 Å². The van der Waals surface area contributed by atoms with E-state index in [1.165, 1.54) is 11.1 Å². The van der Waals surface area contributed by atoms with Gasteiger partial charge in [-0.2, -0.15) is 4.98 Å². The van der Waals surface area contributed by atoms with Gasteiger partial charge in [0.15, 0.2) is 0 Å². The van der Waals surface area contributed by atoms with Crippen LogP contribution in [0.15, 0.2) is 40.9 Å². The summed E-state index contributed by atoms with van der Waals surface area (Å²) in [5.41, 5.74) is 1.94. The van der Waals surface area contributed by atoms with Crippen molar-refractivity contribution >= 4 is 17.9 Å². The Hall–Kier alpha value is -3.53. The maximum atomic E-state index is 12.1. The summed E-state index contributed by atoms with van der Waals surface area (Å²) in [7, 11) is 0. The van der Waals surface area contributed by atoms with Crippen LogP contribution in [-0.4, -0.2) is 50.1 Å². The number of aromatic nitrogens is 4. The van der Waals surface area contributed by atoms with Crippen LogP contribution in [0.25, 0.3) is 11.5 Å². The molecular weight excluding hydrogens is 388 g/mol. The zero-order chi connectivity index (χ0) is 21.3. The van der Waals surface area contributed by atoms with E-state index in [4.69, 9.17) is 9.15 Å². The first-order valence-corrected chi connectivity index (χ1v) is 9.56. The van der Waals surface area contributed by atoms with Crippen molar-refractivity contribution in [1.29, 1.82) is 0 Å². The van der Waals surface area contributed by atoms with Crippen molar-refractivity contribution in [2.75, 3.05) is 16.8 Å². The predicted octanol–water partition coefficient (Wildman–Crippen LogP) is 2.71. The number of carbonyl (C=O) groups is 1. The van der Waals surface area contributed by atoms with Crippen LogP contribution in [-0.2, 0) is 4.74 Å². The van der Waals surface area contributed by atoms with E-state index >= 15 is 0 Å². The highest BCUT2D eigenvalue weighted by atomic mass is 16.6. The molecule has 3 aromatic rings. The lowest BCUT2D eigenvalue weighted by molar-refractivity contribution is 0.142. The summed E-state index contributed by atoms with van der Waals surface area (Å²) in [6.45, 7) is 5.53. The van der Waals surface area contributed by atoms with Crippen LogP contribution >= 0.6 is 0 Å². The monoisotopic (exact) mass is 410 g/mol. The zero-order valence-corrected chi connectivity index (χ0v) is 16.8.